The molecule has 49 heavy (non-hydrogen) atoms. The average molecular weight is 690 g/mol. The summed E-state index contributed by atoms with van der Waals surface area (Å²) in [7, 11) is 0. The van der Waals surface area contributed by atoms with E-state index in [0.29, 0.717) is 37.5 Å². The van der Waals surface area contributed by atoms with Gasteiger partial charge in [-0.1, -0.05) is 0 Å². The number of carbonyl (C=O) groups excluding carboxylic acids is 1. The largest absolute Gasteiger partial charge is 0.476 e. The number of thiazole rings is 1. The van der Waals surface area contributed by atoms with Gasteiger partial charge in [0.25, 0.3) is 6.43 Å². The molecule has 11 nitrogen and oxygen atoms in total. The van der Waals surface area contributed by atoms with Crippen LogP contribution in [0.1, 0.15) is 97.2 Å². The van der Waals surface area contributed by atoms with Gasteiger partial charge in [-0.2, -0.15) is 5.10 Å². The smallest absolute Gasteiger partial charge is 0.356 e. The van der Waals surface area contributed by atoms with Gasteiger partial charge in [-0.3, -0.25) is 14.5 Å². The van der Waals surface area contributed by atoms with E-state index in [4.69, 9.17) is 14.9 Å². The van der Waals surface area contributed by atoms with E-state index in [1.165, 1.54) is 17.4 Å². The number of benzene rings is 1. The Balaban J connectivity index is 1.04. The predicted molar refractivity (Wildman–Crippen MR) is 177 cm³/mol. The van der Waals surface area contributed by atoms with Crippen LogP contribution in [0.2, 0.25) is 0 Å². The van der Waals surface area contributed by atoms with Crippen molar-refractivity contribution in [3.63, 3.8) is 0 Å². The fourth-order valence-electron chi connectivity index (χ4n) is 8.35. The number of rotatable bonds is 7. The van der Waals surface area contributed by atoms with Crippen LogP contribution in [0.3, 0.4) is 0 Å². The van der Waals surface area contributed by atoms with Crippen molar-refractivity contribution in [1.29, 1.82) is 0 Å². The molecule has 3 aromatic heterocycles. The molecule has 1 aromatic carbocycles. The highest BCUT2D eigenvalue weighted by Crippen LogP contribution is 2.55. The summed E-state index contributed by atoms with van der Waals surface area (Å²) >= 11 is 1.36. The molecule has 14 heteroatoms. The number of aryl methyl sites for hydroxylation is 1. The maximum Gasteiger partial charge on any atom is 0.356 e. The first-order valence-electron chi connectivity index (χ1n) is 16.9. The summed E-state index contributed by atoms with van der Waals surface area (Å²) in [4.78, 5) is 32.4. The van der Waals surface area contributed by atoms with Crippen molar-refractivity contribution in [2.75, 3.05) is 18.0 Å². The molecular weight excluding hydrogens is 652 g/mol. The third kappa shape index (κ3) is 5.83. The molecule has 0 atom stereocenters. The van der Waals surface area contributed by atoms with Crippen LogP contribution in [0, 0.1) is 5.41 Å². The van der Waals surface area contributed by atoms with Crippen LogP contribution >= 0.6 is 11.3 Å². The molecule has 2 aliphatic carbocycles. The van der Waals surface area contributed by atoms with Crippen molar-refractivity contribution in [3.05, 3.63) is 64.1 Å². The minimum Gasteiger partial charge on any atom is -0.476 e. The first kappa shape index (κ1) is 31.8. The maximum atomic E-state index is 14.5. The molecule has 2 saturated carbocycles. The van der Waals surface area contributed by atoms with Crippen LogP contribution in [0.25, 0.3) is 10.4 Å². The number of aromatic nitrogens is 5. The Labute approximate surface area is 285 Å². The van der Waals surface area contributed by atoms with Crippen LogP contribution in [0.5, 0.6) is 5.88 Å². The number of anilines is 2. The van der Waals surface area contributed by atoms with Gasteiger partial charge in [0.2, 0.25) is 11.8 Å². The minimum absolute atomic E-state index is 0.00163. The first-order valence-corrected chi connectivity index (χ1v) is 17.8. The fraction of sp³-hybridized carbons (Fsp3) is 0.486. The zero-order valence-corrected chi connectivity index (χ0v) is 28.0. The fourth-order valence-corrected chi connectivity index (χ4v) is 9.01. The zero-order valence-electron chi connectivity index (χ0n) is 27.1. The summed E-state index contributed by atoms with van der Waals surface area (Å²) in [6.45, 7) is 3.34. The molecule has 4 aromatic rings. The molecule has 0 radical (unpaired) electrons. The number of carboxylic acids is 1. The van der Waals surface area contributed by atoms with Crippen molar-refractivity contribution in [3.8, 4) is 16.3 Å². The number of nitrogens with zero attached hydrogens (tertiary/aromatic N) is 7. The van der Waals surface area contributed by atoms with Crippen LogP contribution in [0.4, 0.5) is 20.3 Å². The molecule has 0 unspecified atom stereocenters. The zero-order chi connectivity index (χ0) is 33.9. The lowest BCUT2D eigenvalue weighted by atomic mass is 9.58. The standard InChI is InChI=1S/C35H37F2N7O4S/c1-20(45)42-12-8-28-26(18-42)33(43-11-2-3-21-13-24(30-17-38-19-49-30)25(32(36)37)14-29(21)43)41-44(28)22-6-9-35(10-7-22)15-23(16-35)48-31-5-4-27(34(46)47)39-40-31/h4-5,13-14,17,19,22-23,32H,2-3,6-12,15-16,18H2,1H3,(H,46,47). The number of fused-ring (bicyclic) bond motifs is 2. The molecule has 1 N–H and O–H groups in total. The van der Waals surface area contributed by atoms with E-state index in [1.54, 1.807) is 30.8 Å². The second-order valence-electron chi connectivity index (χ2n) is 13.8. The molecule has 2 fully saturated rings. The third-order valence-corrected chi connectivity index (χ3v) is 11.7. The van der Waals surface area contributed by atoms with Crippen molar-refractivity contribution in [2.24, 2.45) is 5.41 Å². The number of aromatic carboxylic acids is 1. The number of carbonyl (C=O) groups is 2. The highest BCUT2D eigenvalue weighted by molar-refractivity contribution is 7.13. The summed E-state index contributed by atoms with van der Waals surface area (Å²) in [6, 6.07) is 6.73. The summed E-state index contributed by atoms with van der Waals surface area (Å²) < 4.78 is 37.2. The molecule has 4 aliphatic rings. The van der Waals surface area contributed by atoms with Gasteiger partial charge in [0.05, 0.1) is 23.0 Å². The maximum absolute atomic E-state index is 14.5. The Hall–Kier alpha value is -4.46. The number of ether oxygens (including phenoxy) is 1. The van der Waals surface area contributed by atoms with Crippen molar-refractivity contribution in [2.45, 2.75) is 89.8 Å². The van der Waals surface area contributed by atoms with Gasteiger partial charge < -0.3 is 19.6 Å². The van der Waals surface area contributed by atoms with Gasteiger partial charge in [0.1, 0.15) is 6.10 Å². The molecule has 2 aliphatic heterocycles. The number of carboxylic acid groups (broad SMARTS) is 1. The monoisotopic (exact) mass is 689 g/mol. The minimum atomic E-state index is -2.64. The quantitative estimate of drug-likeness (QED) is 0.224. The van der Waals surface area contributed by atoms with Gasteiger partial charge >= 0.3 is 5.97 Å². The third-order valence-electron chi connectivity index (χ3n) is 10.9. The highest BCUT2D eigenvalue weighted by Gasteiger charge is 2.48. The van der Waals surface area contributed by atoms with Gasteiger partial charge in [0, 0.05) is 66.8 Å². The number of amides is 1. The number of hydrogen-bond acceptors (Lipinski definition) is 9. The van der Waals surface area contributed by atoms with Gasteiger partial charge in [0.15, 0.2) is 11.5 Å². The highest BCUT2D eigenvalue weighted by atomic mass is 32.1. The lowest BCUT2D eigenvalue weighted by Gasteiger charge is -2.51. The van der Waals surface area contributed by atoms with Crippen molar-refractivity contribution < 1.29 is 28.2 Å². The molecule has 5 heterocycles. The molecule has 0 saturated heterocycles. The molecule has 256 valence electrons. The van der Waals surface area contributed by atoms with Gasteiger partial charge in [-0.25, -0.2) is 13.6 Å². The Kier molecular flexibility index (Phi) is 8.08. The van der Waals surface area contributed by atoms with Crippen LogP contribution in [-0.4, -0.2) is 66.0 Å². The van der Waals surface area contributed by atoms with Crippen LogP contribution < -0.4 is 9.64 Å². The van der Waals surface area contributed by atoms with Crippen molar-refractivity contribution in [1.82, 2.24) is 29.9 Å². The Morgan fingerprint density at radius 3 is 2.59 bits per heavy atom. The van der Waals surface area contributed by atoms with Crippen molar-refractivity contribution >= 4 is 34.7 Å². The van der Waals surface area contributed by atoms with E-state index in [1.807, 2.05) is 11.0 Å². The van der Waals surface area contributed by atoms with Crippen LogP contribution in [-0.2, 0) is 24.2 Å². The normalized spacial score (nSPS) is 23.3. The molecule has 1 amide bonds. The Morgan fingerprint density at radius 2 is 1.92 bits per heavy atom. The van der Waals surface area contributed by atoms with E-state index in [0.717, 1.165) is 84.6 Å². The summed E-state index contributed by atoms with van der Waals surface area (Å²) in [5.41, 5.74) is 6.25. The average Bonchev–Trinajstić information content (AvgIpc) is 3.76. The Bertz CT molecular complexity index is 1880. The van der Waals surface area contributed by atoms with Gasteiger partial charge in [-0.05, 0) is 80.5 Å². The SMILES string of the molecule is CC(=O)N1CCc2c(c(N3CCCc4cc(-c5cncs5)c(C(F)F)cc43)nn2C2CCC3(CC2)CC(Oc2ccc(C(=O)O)nn2)C3)C1. The number of halogens is 2. The topological polar surface area (TPSA) is 127 Å². The molecule has 1 spiro atoms. The second kappa shape index (κ2) is 12.5. The predicted octanol–water partition coefficient (Wildman–Crippen LogP) is 6.76. The van der Waals surface area contributed by atoms with E-state index in [9.17, 15) is 18.4 Å². The lowest BCUT2D eigenvalue weighted by Crippen LogP contribution is -2.46. The summed E-state index contributed by atoms with van der Waals surface area (Å²) in [5.74, 6) is 0.0135. The lowest BCUT2D eigenvalue weighted by molar-refractivity contribution is -0.129. The summed E-state index contributed by atoms with van der Waals surface area (Å²) in [6.07, 6.45) is 7.23. The number of hydrogen-bond donors (Lipinski definition) is 1. The Morgan fingerprint density at radius 1 is 1.10 bits per heavy atom. The van der Waals surface area contributed by atoms with E-state index in [-0.39, 0.29) is 34.7 Å². The van der Waals surface area contributed by atoms with Crippen LogP contribution in [0.15, 0.2) is 36.0 Å². The number of alkyl halides is 2. The second-order valence-corrected chi connectivity index (χ2v) is 14.7. The molecular formula is C35H37F2N7O4S. The van der Waals surface area contributed by atoms with E-state index < -0.39 is 12.4 Å². The van der Waals surface area contributed by atoms with E-state index in [2.05, 4.69) is 24.8 Å². The molecule has 0 bridgehead atoms. The summed E-state index contributed by atoms with van der Waals surface area (Å²) in [5, 5.41) is 22.0. The van der Waals surface area contributed by atoms with Gasteiger partial charge in [-0.15, -0.1) is 21.5 Å². The first-order chi connectivity index (χ1) is 23.7. The molecule has 8 rings (SSSR count). The van der Waals surface area contributed by atoms with E-state index >= 15 is 0 Å².